The van der Waals surface area contributed by atoms with Gasteiger partial charge in [0.15, 0.2) is 0 Å². The van der Waals surface area contributed by atoms with E-state index < -0.39 is 23.8 Å². The average molecular weight is 299 g/mol. The molecule has 1 aromatic rings. The van der Waals surface area contributed by atoms with Crippen molar-refractivity contribution in [1.29, 1.82) is 0 Å². The van der Waals surface area contributed by atoms with Crippen LogP contribution in [0.1, 0.15) is 28.8 Å². The zero-order chi connectivity index (χ0) is 15.2. The highest BCUT2D eigenvalue weighted by atomic mass is 19.4. The first-order valence-corrected chi connectivity index (χ1v) is 7.01. The summed E-state index contributed by atoms with van der Waals surface area (Å²) in [5.74, 6) is -0.376. The summed E-state index contributed by atoms with van der Waals surface area (Å²) in [6, 6.07) is 4.87. The molecule has 3 atom stereocenters. The van der Waals surface area contributed by atoms with Crippen molar-refractivity contribution in [2.75, 3.05) is 13.1 Å². The molecule has 0 radical (unpaired) electrons. The Morgan fingerprint density at radius 1 is 1.19 bits per heavy atom. The fourth-order valence-electron chi connectivity index (χ4n) is 3.49. The van der Waals surface area contributed by atoms with Crippen LogP contribution in [0.2, 0.25) is 0 Å². The van der Waals surface area contributed by atoms with Crippen molar-refractivity contribution < 1.29 is 23.1 Å². The van der Waals surface area contributed by atoms with E-state index in [-0.39, 0.29) is 17.4 Å². The van der Waals surface area contributed by atoms with Gasteiger partial charge in [0.2, 0.25) is 0 Å². The van der Waals surface area contributed by atoms with E-state index in [1.165, 1.54) is 23.1 Å². The highest BCUT2D eigenvalue weighted by molar-refractivity contribution is 5.96. The van der Waals surface area contributed by atoms with Crippen molar-refractivity contribution in [3.8, 4) is 0 Å². The minimum Gasteiger partial charge on any atom is -0.393 e. The van der Waals surface area contributed by atoms with Gasteiger partial charge in [-0.3, -0.25) is 4.79 Å². The number of halogens is 3. The fraction of sp³-hybridized carbons (Fsp3) is 0.533. The molecule has 1 amide bonds. The summed E-state index contributed by atoms with van der Waals surface area (Å²) in [6.07, 6.45) is -3.43. The maximum Gasteiger partial charge on any atom is 0.417 e. The summed E-state index contributed by atoms with van der Waals surface area (Å²) < 4.78 is 38.9. The Labute approximate surface area is 120 Å². The van der Waals surface area contributed by atoms with Gasteiger partial charge in [0.1, 0.15) is 0 Å². The quantitative estimate of drug-likeness (QED) is 0.866. The van der Waals surface area contributed by atoms with Crippen LogP contribution in [-0.2, 0) is 6.18 Å². The van der Waals surface area contributed by atoms with Crippen molar-refractivity contribution in [3.05, 3.63) is 35.4 Å². The van der Waals surface area contributed by atoms with Gasteiger partial charge in [0.25, 0.3) is 5.91 Å². The number of hydrogen-bond acceptors (Lipinski definition) is 2. The molecule has 6 heteroatoms. The Kier molecular flexibility index (Phi) is 3.43. The molecule has 114 valence electrons. The van der Waals surface area contributed by atoms with Crippen molar-refractivity contribution in [2.45, 2.75) is 25.1 Å². The first-order valence-electron chi connectivity index (χ1n) is 7.01. The Balaban J connectivity index is 1.84. The number of aliphatic hydroxyl groups excluding tert-OH is 1. The van der Waals surface area contributed by atoms with E-state index in [4.69, 9.17) is 0 Å². The second-order valence-electron chi connectivity index (χ2n) is 5.82. The van der Waals surface area contributed by atoms with Crippen LogP contribution in [0.5, 0.6) is 0 Å². The van der Waals surface area contributed by atoms with Crippen molar-refractivity contribution in [1.82, 2.24) is 4.90 Å². The minimum atomic E-state index is -4.54. The Bertz CT molecular complexity index is 558. The number of fused-ring (bicyclic) bond motifs is 1. The second kappa shape index (κ2) is 5.02. The molecular formula is C15H16F3NO2. The third-order valence-corrected chi connectivity index (χ3v) is 4.57. The number of carbonyl (C=O) groups excluding carboxylic acids is 1. The molecule has 1 N–H and O–H groups in total. The van der Waals surface area contributed by atoms with Crippen molar-refractivity contribution in [2.24, 2.45) is 11.8 Å². The number of aliphatic hydroxyl groups is 1. The van der Waals surface area contributed by atoms with E-state index in [1.807, 2.05) is 0 Å². The van der Waals surface area contributed by atoms with Crippen LogP contribution in [0.3, 0.4) is 0 Å². The number of alkyl halides is 3. The van der Waals surface area contributed by atoms with E-state index in [0.29, 0.717) is 13.1 Å². The summed E-state index contributed by atoms with van der Waals surface area (Å²) in [5.41, 5.74) is -1.20. The molecule has 0 spiro atoms. The normalized spacial score (nSPS) is 28.8. The predicted octanol–water partition coefficient (Wildman–Crippen LogP) is 2.55. The Morgan fingerprint density at radius 3 is 2.57 bits per heavy atom. The lowest BCUT2D eigenvalue weighted by Gasteiger charge is -2.20. The zero-order valence-corrected chi connectivity index (χ0v) is 11.3. The van der Waals surface area contributed by atoms with E-state index in [2.05, 4.69) is 0 Å². The molecule has 0 bridgehead atoms. The number of nitrogens with zero attached hydrogens (tertiary/aromatic N) is 1. The van der Waals surface area contributed by atoms with Gasteiger partial charge < -0.3 is 10.0 Å². The zero-order valence-electron chi connectivity index (χ0n) is 11.3. The predicted molar refractivity (Wildman–Crippen MR) is 69.6 cm³/mol. The number of likely N-dealkylation sites (tertiary alicyclic amines) is 1. The van der Waals surface area contributed by atoms with Crippen LogP contribution in [0.25, 0.3) is 0 Å². The molecule has 1 aromatic carbocycles. The topological polar surface area (TPSA) is 40.5 Å². The summed E-state index contributed by atoms with van der Waals surface area (Å²) in [4.78, 5) is 13.8. The van der Waals surface area contributed by atoms with Gasteiger partial charge in [-0.1, -0.05) is 12.1 Å². The third-order valence-electron chi connectivity index (χ3n) is 4.57. The maximum absolute atomic E-state index is 13.0. The molecule has 1 saturated heterocycles. The number of rotatable bonds is 1. The molecular weight excluding hydrogens is 283 g/mol. The van der Waals surface area contributed by atoms with Crippen LogP contribution >= 0.6 is 0 Å². The average Bonchev–Trinajstić information content (AvgIpc) is 3.00. The molecule has 1 aliphatic heterocycles. The summed E-state index contributed by atoms with van der Waals surface area (Å²) >= 11 is 0. The number of benzene rings is 1. The van der Waals surface area contributed by atoms with Gasteiger partial charge in [-0.25, -0.2) is 0 Å². The first-order chi connectivity index (χ1) is 9.88. The molecule has 2 aliphatic rings. The van der Waals surface area contributed by atoms with E-state index >= 15 is 0 Å². The molecule has 21 heavy (non-hydrogen) atoms. The summed E-state index contributed by atoms with van der Waals surface area (Å²) in [5, 5.41) is 9.84. The van der Waals surface area contributed by atoms with Crippen molar-refractivity contribution >= 4 is 5.91 Å². The first kappa shape index (κ1) is 14.4. The maximum atomic E-state index is 13.0. The molecule has 1 heterocycles. The molecule has 1 saturated carbocycles. The Hall–Kier alpha value is -1.56. The van der Waals surface area contributed by atoms with Crippen LogP contribution in [0.15, 0.2) is 24.3 Å². The standard InChI is InChI=1S/C15H16F3NO2/c16-15(17,18)12-4-2-1-3-10(12)14(21)19-7-9-5-6-13(20)11(9)8-19/h1-4,9,11,13,20H,5-8H2. The smallest absolute Gasteiger partial charge is 0.393 e. The van der Waals surface area contributed by atoms with Crippen LogP contribution in [0.4, 0.5) is 13.2 Å². The molecule has 3 rings (SSSR count). The highest BCUT2D eigenvalue weighted by Crippen LogP contribution is 2.39. The molecule has 3 unspecified atom stereocenters. The Morgan fingerprint density at radius 2 is 1.90 bits per heavy atom. The van der Waals surface area contributed by atoms with Crippen LogP contribution < -0.4 is 0 Å². The van der Waals surface area contributed by atoms with Gasteiger partial charge >= 0.3 is 6.18 Å². The largest absolute Gasteiger partial charge is 0.417 e. The van der Waals surface area contributed by atoms with E-state index in [1.54, 1.807) is 0 Å². The lowest BCUT2D eigenvalue weighted by Crippen LogP contribution is -2.32. The van der Waals surface area contributed by atoms with Gasteiger partial charge in [-0.15, -0.1) is 0 Å². The molecule has 3 nitrogen and oxygen atoms in total. The fourth-order valence-corrected chi connectivity index (χ4v) is 3.49. The van der Waals surface area contributed by atoms with E-state index in [0.717, 1.165) is 18.9 Å². The van der Waals surface area contributed by atoms with Gasteiger partial charge in [0.05, 0.1) is 17.2 Å². The van der Waals surface area contributed by atoms with Crippen LogP contribution in [-0.4, -0.2) is 35.1 Å². The summed E-state index contributed by atoms with van der Waals surface area (Å²) in [7, 11) is 0. The molecule has 1 aliphatic carbocycles. The second-order valence-corrected chi connectivity index (χ2v) is 5.82. The lowest BCUT2D eigenvalue weighted by atomic mass is 10.00. The number of carbonyl (C=O) groups is 1. The molecule has 0 aromatic heterocycles. The van der Waals surface area contributed by atoms with Gasteiger partial charge in [0, 0.05) is 19.0 Å². The highest BCUT2D eigenvalue weighted by Gasteiger charge is 2.44. The monoisotopic (exact) mass is 299 g/mol. The number of hydrogen-bond donors (Lipinski definition) is 1. The molecule has 2 fully saturated rings. The SMILES string of the molecule is O=C(c1ccccc1C(F)(F)F)N1CC2CCC(O)C2C1. The van der Waals surface area contributed by atoms with Gasteiger partial charge in [-0.2, -0.15) is 13.2 Å². The summed E-state index contributed by atoms with van der Waals surface area (Å²) in [6.45, 7) is 0.781. The van der Waals surface area contributed by atoms with Gasteiger partial charge in [-0.05, 0) is 30.9 Å². The minimum absolute atomic E-state index is 0.00648. The van der Waals surface area contributed by atoms with E-state index in [9.17, 15) is 23.1 Å². The van der Waals surface area contributed by atoms with Crippen molar-refractivity contribution in [3.63, 3.8) is 0 Å². The third kappa shape index (κ3) is 2.52. The lowest BCUT2D eigenvalue weighted by molar-refractivity contribution is -0.138. The van der Waals surface area contributed by atoms with Crippen LogP contribution in [0, 0.1) is 11.8 Å². The number of amides is 1.